The number of carbonyl (C=O) groups excluding carboxylic acids is 1. The quantitative estimate of drug-likeness (QED) is 0.582. The highest BCUT2D eigenvalue weighted by atomic mass is 16.5. The number of para-hydroxylation sites is 1. The highest BCUT2D eigenvalue weighted by Crippen LogP contribution is 2.13. The number of hydrogen-bond donors (Lipinski definition) is 2. The molecule has 0 fully saturated rings. The van der Waals surface area contributed by atoms with Crippen molar-refractivity contribution in [3.63, 3.8) is 0 Å². The summed E-state index contributed by atoms with van der Waals surface area (Å²) in [4.78, 5) is 11.9. The number of hydrogen-bond acceptors (Lipinski definition) is 3. The lowest BCUT2D eigenvalue weighted by atomic mass is 10.1. The van der Waals surface area contributed by atoms with Crippen molar-refractivity contribution in [2.45, 2.75) is 25.7 Å². The van der Waals surface area contributed by atoms with E-state index in [-0.39, 0.29) is 5.91 Å². The minimum absolute atomic E-state index is 0.0722. The molecule has 0 aliphatic heterocycles. The number of nitrogens with one attached hydrogen (secondary N) is 1. The molecule has 0 atom stereocenters. The number of nitrogen functional groups attached to an aromatic ring is 1. The Labute approximate surface area is 137 Å². The van der Waals surface area contributed by atoms with Gasteiger partial charge in [0.05, 0.1) is 7.11 Å². The van der Waals surface area contributed by atoms with E-state index in [9.17, 15) is 4.79 Å². The fourth-order valence-electron chi connectivity index (χ4n) is 2.41. The second kappa shape index (κ2) is 8.83. The van der Waals surface area contributed by atoms with E-state index in [4.69, 9.17) is 10.5 Å². The molecule has 0 heterocycles. The molecule has 0 aromatic heterocycles. The highest BCUT2D eigenvalue weighted by Gasteiger charge is 2.04. The van der Waals surface area contributed by atoms with Crippen LogP contribution in [0.1, 0.15) is 24.0 Å². The van der Waals surface area contributed by atoms with Gasteiger partial charge < -0.3 is 15.8 Å². The molecule has 0 saturated carbocycles. The van der Waals surface area contributed by atoms with Crippen molar-refractivity contribution in [3.05, 3.63) is 59.7 Å². The number of carbonyl (C=O) groups is 1. The molecule has 2 aromatic rings. The zero-order chi connectivity index (χ0) is 16.5. The summed E-state index contributed by atoms with van der Waals surface area (Å²) in [5.74, 6) is 0.935. The molecule has 23 heavy (non-hydrogen) atoms. The normalized spacial score (nSPS) is 10.3. The second-order valence-corrected chi connectivity index (χ2v) is 5.50. The van der Waals surface area contributed by atoms with Gasteiger partial charge in [-0.2, -0.15) is 0 Å². The molecule has 0 aliphatic carbocycles. The molecule has 4 heteroatoms. The third-order valence-corrected chi connectivity index (χ3v) is 3.80. The molecule has 2 rings (SSSR count). The number of rotatable bonds is 8. The van der Waals surface area contributed by atoms with E-state index in [1.54, 1.807) is 7.11 Å². The van der Waals surface area contributed by atoms with Crippen LogP contribution in [0.4, 0.5) is 5.69 Å². The van der Waals surface area contributed by atoms with Gasteiger partial charge in [-0.25, -0.2) is 0 Å². The minimum Gasteiger partial charge on any atom is -0.497 e. The number of aryl methyl sites for hydroxylation is 2. The lowest BCUT2D eigenvalue weighted by Crippen LogP contribution is -2.25. The zero-order valence-corrected chi connectivity index (χ0v) is 13.5. The topological polar surface area (TPSA) is 64.3 Å². The first-order valence-corrected chi connectivity index (χ1v) is 7.92. The van der Waals surface area contributed by atoms with Crippen LogP contribution in [0.5, 0.6) is 5.75 Å². The maximum absolute atomic E-state index is 11.9. The summed E-state index contributed by atoms with van der Waals surface area (Å²) in [6.07, 6.45) is 3.01. The van der Waals surface area contributed by atoms with E-state index in [1.165, 1.54) is 5.56 Å². The van der Waals surface area contributed by atoms with Gasteiger partial charge in [-0.05, 0) is 48.6 Å². The van der Waals surface area contributed by atoms with Gasteiger partial charge in [0.25, 0.3) is 0 Å². The first kappa shape index (κ1) is 16.9. The van der Waals surface area contributed by atoms with E-state index in [1.807, 2.05) is 36.4 Å². The van der Waals surface area contributed by atoms with Crippen LogP contribution in [0.15, 0.2) is 48.5 Å². The number of amides is 1. The summed E-state index contributed by atoms with van der Waals surface area (Å²) >= 11 is 0. The number of methoxy groups -OCH3 is 1. The average molecular weight is 312 g/mol. The Morgan fingerprint density at radius 1 is 1.09 bits per heavy atom. The van der Waals surface area contributed by atoms with Gasteiger partial charge in [0.2, 0.25) is 5.91 Å². The predicted molar refractivity (Wildman–Crippen MR) is 93.5 cm³/mol. The summed E-state index contributed by atoms with van der Waals surface area (Å²) in [6, 6.07) is 15.7. The highest BCUT2D eigenvalue weighted by molar-refractivity contribution is 5.76. The van der Waals surface area contributed by atoms with Gasteiger partial charge >= 0.3 is 0 Å². The molecule has 0 unspecified atom stereocenters. The molecule has 122 valence electrons. The monoisotopic (exact) mass is 312 g/mol. The Balaban J connectivity index is 1.63. The van der Waals surface area contributed by atoms with E-state index < -0.39 is 0 Å². The van der Waals surface area contributed by atoms with E-state index in [2.05, 4.69) is 17.4 Å². The molecule has 1 amide bonds. The summed E-state index contributed by atoms with van der Waals surface area (Å²) in [5.41, 5.74) is 8.90. The molecule has 2 aromatic carbocycles. The maximum Gasteiger partial charge on any atom is 0.220 e. The van der Waals surface area contributed by atoms with Crippen LogP contribution >= 0.6 is 0 Å². The SMILES string of the molecule is COc1ccc(CCCNC(=O)CCc2ccccc2N)cc1. The van der Waals surface area contributed by atoms with Crippen molar-refractivity contribution in [2.75, 3.05) is 19.4 Å². The first-order valence-electron chi connectivity index (χ1n) is 7.92. The van der Waals surface area contributed by atoms with Crippen molar-refractivity contribution in [3.8, 4) is 5.75 Å². The Bertz CT molecular complexity index is 624. The van der Waals surface area contributed by atoms with Crippen molar-refractivity contribution in [2.24, 2.45) is 0 Å². The largest absolute Gasteiger partial charge is 0.497 e. The van der Waals surface area contributed by atoms with Crippen molar-refractivity contribution < 1.29 is 9.53 Å². The summed E-state index contributed by atoms with van der Waals surface area (Å²) in [5, 5.41) is 2.96. The number of nitrogens with two attached hydrogens (primary N) is 1. The van der Waals surface area contributed by atoms with Crippen molar-refractivity contribution in [1.29, 1.82) is 0 Å². The van der Waals surface area contributed by atoms with Crippen LogP contribution in [0.2, 0.25) is 0 Å². The Morgan fingerprint density at radius 2 is 1.83 bits per heavy atom. The molecular formula is C19H24N2O2. The Hall–Kier alpha value is -2.49. The first-order chi connectivity index (χ1) is 11.2. The van der Waals surface area contributed by atoms with E-state index >= 15 is 0 Å². The zero-order valence-electron chi connectivity index (χ0n) is 13.5. The van der Waals surface area contributed by atoms with Gasteiger partial charge in [-0.15, -0.1) is 0 Å². The van der Waals surface area contributed by atoms with Crippen LogP contribution in [0, 0.1) is 0 Å². The van der Waals surface area contributed by atoms with Crippen molar-refractivity contribution in [1.82, 2.24) is 5.32 Å². The molecule has 3 N–H and O–H groups in total. The van der Waals surface area contributed by atoms with Crippen LogP contribution in [0.25, 0.3) is 0 Å². The molecule has 0 radical (unpaired) electrons. The van der Waals surface area contributed by atoms with Gasteiger partial charge in [0, 0.05) is 18.7 Å². The van der Waals surface area contributed by atoms with Crippen LogP contribution in [0.3, 0.4) is 0 Å². The van der Waals surface area contributed by atoms with Gasteiger partial charge in [-0.3, -0.25) is 4.79 Å². The maximum atomic E-state index is 11.9. The van der Waals surface area contributed by atoms with Crippen LogP contribution < -0.4 is 15.8 Å². The fraction of sp³-hybridized carbons (Fsp3) is 0.316. The second-order valence-electron chi connectivity index (χ2n) is 5.50. The standard InChI is InChI=1S/C19H24N2O2/c1-23-17-11-8-15(9-12-17)5-4-14-21-19(22)13-10-16-6-2-3-7-18(16)20/h2-3,6-9,11-12H,4-5,10,13-14,20H2,1H3,(H,21,22). The molecule has 0 bridgehead atoms. The van der Waals surface area contributed by atoms with Crippen LogP contribution in [-0.2, 0) is 17.6 Å². The lowest BCUT2D eigenvalue weighted by molar-refractivity contribution is -0.121. The molecular weight excluding hydrogens is 288 g/mol. The fourth-order valence-corrected chi connectivity index (χ4v) is 2.41. The third-order valence-electron chi connectivity index (χ3n) is 3.80. The Morgan fingerprint density at radius 3 is 2.52 bits per heavy atom. The summed E-state index contributed by atoms with van der Waals surface area (Å²) in [6.45, 7) is 0.690. The number of benzene rings is 2. The summed E-state index contributed by atoms with van der Waals surface area (Å²) < 4.78 is 5.13. The smallest absolute Gasteiger partial charge is 0.220 e. The van der Waals surface area contributed by atoms with Gasteiger partial charge in [0.15, 0.2) is 0 Å². The Kier molecular flexibility index (Phi) is 6.48. The van der Waals surface area contributed by atoms with Gasteiger partial charge in [-0.1, -0.05) is 30.3 Å². The molecule has 0 saturated heterocycles. The number of anilines is 1. The predicted octanol–water partition coefficient (Wildman–Crippen LogP) is 2.96. The van der Waals surface area contributed by atoms with E-state index in [0.717, 1.165) is 29.8 Å². The average Bonchev–Trinajstić information content (AvgIpc) is 2.58. The third kappa shape index (κ3) is 5.66. The van der Waals surface area contributed by atoms with Crippen molar-refractivity contribution >= 4 is 11.6 Å². The van der Waals surface area contributed by atoms with Crippen LogP contribution in [-0.4, -0.2) is 19.6 Å². The molecule has 0 aliphatic rings. The molecule has 0 spiro atoms. The van der Waals surface area contributed by atoms with E-state index in [0.29, 0.717) is 19.4 Å². The minimum atomic E-state index is 0.0722. The molecule has 4 nitrogen and oxygen atoms in total. The lowest BCUT2D eigenvalue weighted by Gasteiger charge is -2.07. The summed E-state index contributed by atoms with van der Waals surface area (Å²) in [7, 11) is 1.66. The van der Waals surface area contributed by atoms with Gasteiger partial charge in [0.1, 0.15) is 5.75 Å². The number of ether oxygens (including phenoxy) is 1.